The van der Waals surface area contributed by atoms with Gasteiger partial charge in [-0.2, -0.15) is 0 Å². The molecule has 1 aliphatic heterocycles. The lowest BCUT2D eigenvalue weighted by Gasteiger charge is -2.08. The average Bonchev–Trinajstić information content (AvgIpc) is 3.08. The number of aromatic nitrogens is 1. The molecule has 2 aromatic rings. The van der Waals surface area contributed by atoms with Crippen LogP contribution in [0.4, 0.5) is 4.39 Å². The third kappa shape index (κ3) is 2.67. The van der Waals surface area contributed by atoms with Crippen molar-refractivity contribution in [1.82, 2.24) is 10.3 Å². The van der Waals surface area contributed by atoms with Crippen LogP contribution in [0.5, 0.6) is 0 Å². The number of hydrogen-bond acceptors (Lipinski definition) is 2. The fourth-order valence-electron chi connectivity index (χ4n) is 2.57. The number of halogens is 1. The molecule has 1 aliphatic rings. The highest BCUT2D eigenvalue weighted by Crippen LogP contribution is 2.19. The topological polar surface area (TPSA) is 54.1 Å². The summed E-state index contributed by atoms with van der Waals surface area (Å²) in [6.45, 7) is 1.78. The van der Waals surface area contributed by atoms with E-state index in [0.717, 1.165) is 29.3 Å². The summed E-state index contributed by atoms with van der Waals surface area (Å²) in [5.74, 6) is -0.194. The van der Waals surface area contributed by atoms with E-state index in [2.05, 4.69) is 10.3 Å². The number of carbonyl (C=O) groups excluding carboxylic acids is 1. The van der Waals surface area contributed by atoms with Gasteiger partial charge in [0.15, 0.2) is 0 Å². The van der Waals surface area contributed by atoms with Crippen molar-refractivity contribution in [3.8, 4) is 0 Å². The minimum Gasteiger partial charge on any atom is -0.381 e. The minimum absolute atomic E-state index is 0.00735. The molecular formula is C15H17FN2O2. The fourth-order valence-corrected chi connectivity index (χ4v) is 2.57. The summed E-state index contributed by atoms with van der Waals surface area (Å²) in [6, 6.07) is 4.70. The Labute approximate surface area is 116 Å². The lowest BCUT2D eigenvalue weighted by Crippen LogP contribution is -2.32. The molecule has 0 unspecified atom stereocenters. The Morgan fingerprint density at radius 2 is 2.40 bits per heavy atom. The first-order valence-electron chi connectivity index (χ1n) is 6.85. The van der Waals surface area contributed by atoms with Gasteiger partial charge in [-0.15, -0.1) is 0 Å². The zero-order valence-corrected chi connectivity index (χ0v) is 11.1. The monoisotopic (exact) mass is 276 g/mol. The van der Waals surface area contributed by atoms with Crippen LogP contribution in [-0.2, 0) is 16.0 Å². The number of H-pyrrole nitrogens is 1. The largest absolute Gasteiger partial charge is 0.381 e. The van der Waals surface area contributed by atoms with Gasteiger partial charge in [0.1, 0.15) is 5.82 Å². The fraction of sp³-hybridized carbons (Fsp3) is 0.400. The number of hydrogen-bond donors (Lipinski definition) is 2. The number of ether oxygens (including phenoxy) is 1. The lowest BCUT2D eigenvalue weighted by atomic mass is 10.1. The van der Waals surface area contributed by atoms with Crippen molar-refractivity contribution in [2.45, 2.75) is 12.8 Å². The maximum Gasteiger partial charge on any atom is 0.225 e. The van der Waals surface area contributed by atoms with Gasteiger partial charge in [-0.1, -0.05) is 0 Å². The predicted octanol–water partition coefficient (Wildman–Crippen LogP) is 2.00. The Bertz CT molecular complexity index is 617. The van der Waals surface area contributed by atoms with Crippen LogP contribution in [0.15, 0.2) is 24.4 Å². The second kappa shape index (κ2) is 5.63. The van der Waals surface area contributed by atoms with Crippen molar-refractivity contribution in [3.05, 3.63) is 35.8 Å². The van der Waals surface area contributed by atoms with Gasteiger partial charge in [0, 0.05) is 30.3 Å². The van der Waals surface area contributed by atoms with Crippen LogP contribution in [0.2, 0.25) is 0 Å². The molecule has 4 nitrogen and oxygen atoms in total. The average molecular weight is 276 g/mol. The van der Waals surface area contributed by atoms with Crippen molar-refractivity contribution in [1.29, 1.82) is 0 Å². The third-order valence-electron chi connectivity index (χ3n) is 3.72. The van der Waals surface area contributed by atoms with Crippen LogP contribution < -0.4 is 5.32 Å². The highest BCUT2D eigenvalue weighted by Gasteiger charge is 2.22. The van der Waals surface area contributed by atoms with E-state index >= 15 is 0 Å². The van der Waals surface area contributed by atoms with Gasteiger partial charge in [-0.25, -0.2) is 4.39 Å². The summed E-state index contributed by atoms with van der Waals surface area (Å²) in [4.78, 5) is 14.9. The summed E-state index contributed by atoms with van der Waals surface area (Å²) in [5, 5.41) is 3.94. The smallest absolute Gasteiger partial charge is 0.225 e. The molecule has 1 saturated heterocycles. The molecule has 3 rings (SSSR count). The molecule has 0 bridgehead atoms. The van der Waals surface area contributed by atoms with Gasteiger partial charge >= 0.3 is 0 Å². The Morgan fingerprint density at radius 3 is 3.20 bits per heavy atom. The molecule has 0 spiro atoms. The maximum atomic E-state index is 13.1. The molecule has 1 aromatic carbocycles. The second-order valence-electron chi connectivity index (χ2n) is 5.11. The van der Waals surface area contributed by atoms with E-state index in [4.69, 9.17) is 4.74 Å². The maximum absolute atomic E-state index is 13.1. The van der Waals surface area contributed by atoms with E-state index in [-0.39, 0.29) is 17.6 Å². The van der Waals surface area contributed by atoms with Gasteiger partial charge in [0.2, 0.25) is 5.91 Å². The van der Waals surface area contributed by atoms with Crippen LogP contribution >= 0.6 is 0 Å². The molecule has 1 aromatic heterocycles. The molecule has 5 heteroatoms. The first-order valence-corrected chi connectivity index (χ1v) is 6.85. The predicted molar refractivity (Wildman–Crippen MR) is 73.9 cm³/mol. The van der Waals surface area contributed by atoms with Gasteiger partial charge in [-0.05, 0) is 36.6 Å². The van der Waals surface area contributed by atoms with E-state index in [1.165, 1.54) is 12.1 Å². The first kappa shape index (κ1) is 13.1. The molecule has 20 heavy (non-hydrogen) atoms. The summed E-state index contributed by atoms with van der Waals surface area (Å²) in [6.07, 6.45) is 3.40. The van der Waals surface area contributed by atoms with Gasteiger partial charge in [-0.3, -0.25) is 4.79 Å². The van der Waals surface area contributed by atoms with Crippen LogP contribution in [0.3, 0.4) is 0 Å². The Kier molecular flexibility index (Phi) is 3.69. The van der Waals surface area contributed by atoms with Crippen molar-refractivity contribution in [2.24, 2.45) is 5.92 Å². The van der Waals surface area contributed by atoms with Crippen molar-refractivity contribution in [3.63, 3.8) is 0 Å². The number of carbonyl (C=O) groups is 1. The molecule has 1 fully saturated rings. The number of benzene rings is 1. The minimum atomic E-state index is -0.250. The highest BCUT2D eigenvalue weighted by molar-refractivity contribution is 5.83. The third-order valence-corrected chi connectivity index (χ3v) is 3.72. The number of nitrogens with one attached hydrogen (secondary N) is 2. The van der Waals surface area contributed by atoms with Gasteiger partial charge in [0.05, 0.1) is 12.5 Å². The van der Waals surface area contributed by atoms with E-state index in [1.54, 1.807) is 6.07 Å². The van der Waals surface area contributed by atoms with Crippen LogP contribution in [0.25, 0.3) is 10.9 Å². The first-order chi connectivity index (χ1) is 9.74. The van der Waals surface area contributed by atoms with Gasteiger partial charge < -0.3 is 15.0 Å². The van der Waals surface area contributed by atoms with Crippen LogP contribution in [-0.4, -0.2) is 30.6 Å². The molecule has 106 valence electrons. The summed E-state index contributed by atoms with van der Waals surface area (Å²) >= 11 is 0. The summed E-state index contributed by atoms with van der Waals surface area (Å²) < 4.78 is 18.3. The number of aromatic amines is 1. The second-order valence-corrected chi connectivity index (χ2v) is 5.11. The summed E-state index contributed by atoms with van der Waals surface area (Å²) in [7, 11) is 0. The molecule has 0 aliphatic carbocycles. The molecule has 1 amide bonds. The zero-order valence-electron chi connectivity index (χ0n) is 11.1. The van der Waals surface area contributed by atoms with E-state index in [0.29, 0.717) is 19.8 Å². The van der Waals surface area contributed by atoms with Crippen LogP contribution in [0.1, 0.15) is 12.0 Å². The zero-order chi connectivity index (χ0) is 13.9. The SMILES string of the molecule is O=C(NCCc1c[nH]c2cc(F)ccc12)[C@H]1CCOC1. The standard InChI is InChI=1S/C15H17FN2O2/c16-12-1-2-13-10(8-18-14(13)7-12)3-5-17-15(19)11-4-6-20-9-11/h1-2,7-8,11,18H,3-6,9H2,(H,17,19)/t11-/m0/s1. The Balaban J connectivity index is 1.58. The molecule has 0 radical (unpaired) electrons. The van der Waals surface area contributed by atoms with E-state index in [9.17, 15) is 9.18 Å². The molecule has 0 saturated carbocycles. The molecular weight excluding hydrogens is 259 g/mol. The van der Waals surface area contributed by atoms with Crippen LogP contribution in [0, 0.1) is 11.7 Å². The Morgan fingerprint density at radius 1 is 1.50 bits per heavy atom. The lowest BCUT2D eigenvalue weighted by molar-refractivity contribution is -0.124. The quantitative estimate of drug-likeness (QED) is 0.897. The van der Waals surface area contributed by atoms with Crippen molar-refractivity contribution >= 4 is 16.8 Å². The highest BCUT2D eigenvalue weighted by atomic mass is 19.1. The molecule has 1 atom stereocenters. The Hall–Kier alpha value is -1.88. The molecule has 2 heterocycles. The normalized spacial score (nSPS) is 18.6. The summed E-state index contributed by atoms with van der Waals surface area (Å²) in [5.41, 5.74) is 1.87. The van der Waals surface area contributed by atoms with Gasteiger partial charge in [0.25, 0.3) is 0 Å². The van der Waals surface area contributed by atoms with Crippen molar-refractivity contribution in [2.75, 3.05) is 19.8 Å². The van der Waals surface area contributed by atoms with Crippen molar-refractivity contribution < 1.29 is 13.9 Å². The van der Waals surface area contributed by atoms with E-state index in [1.807, 2.05) is 6.20 Å². The van der Waals surface area contributed by atoms with E-state index < -0.39 is 0 Å². The number of amides is 1. The number of rotatable bonds is 4. The molecule has 2 N–H and O–H groups in total. The number of fused-ring (bicyclic) bond motifs is 1.